The van der Waals surface area contributed by atoms with Crippen LogP contribution in [0, 0.1) is 11.3 Å². The molecular formula is C23H22N4O. The summed E-state index contributed by atoms with van der Waals surface area (Å²) in [6.45, 7) is 4.15. The average molecular weight is 370 g/mol. The van der Waals surface area contributed by atoms with Crippen LogP contribution in [0.15, 0.2) is 60.9 Å². The number of carbonyl (C=O) groups excluding carboxylic acids is 1. The lowest BCUT2D eigenvalue weighted by Gasteiger charge is -2.15. The molecule has 0 aliphatic rings. The number of nitrogens with zero attached hydrogens (tertiary/aromatic N) is 2. The number of anilines is 3. The van der Waals surface area contributed by atoms with E-state index in [1.165, 1.54) is 0 Å². The van der Waals surface area contributed by atoms with Crippen LogP contribution in [0.2, 0.25) is 0 Å². The molecule has 5 heteroatoms. The van der Waals surface area contributed by atoms with Crippen molar-refractivity contribution in [3.05, 3.63) is 83.2 Å². The van der Waals surface area contributed by atoms with Gasteiger partial charge in [0.15, 0.2) is 0 Å². The van der Waals surface area contributed by atoms with Crippen molar-refractivity contribution in [3.8, 4) is 6.07 Å². The fourth-order valence-electron chi connectivity index (χ4n) is 3.05. The topological polar surface area (TPSA) is 77.8 Å². The lowest BCUT2D eigenvalue weighted by molar-refractivity contribution is 0.102. The first kappa shape index (κ1) is 19.1. The van der Waals surface area contributed by atoms with Crippen molar-refractivity contribution in [2.24, 2.45) is 0 Å². The molecule has 0 saturated carbocycles. The van der Waals surface area contributed by atoms with Crippen LogP contribution >= 0.6 is 0 Å². The number of nitriles is 1. The minimum absolute atomic E-state index is 0.197. The van der Waals surface area contributed by atoms with Crippen LogP contribution in [0.5, 0.6) is 0 Å². The Morgan fingerprint density at radius 3 is 2.39 bits per heavy atom. The number of benzene rings is 2. The van der Waals surface area contributed by atoms with Gasteiger partial charge < -0.3 is 10.6 Å². The highest BCUT2D eigenvalue weighted by Gasteiger charge is 2.13. The first-order valence-corrected chi connectivity index (χ1v) is 9.29. The van der Waals surface area contributed by atoms with Gasteiger partial charge in [-0.1, -0.05) is 38.1 Å². The number of rotatable bonds is 6. The summed E-state index contributed by atoms with van der Waals surface area (Å²) in [7, 11) is 0. The van der Waals surface area contributed by atoms with Crippen molar-refractivity contribution >= 4 is 23.0 Å². The predicted molar refractivity (Wildman–Crippen MR) is 112 cm³/mol. The highest BCUT2D eigenvalue weighted by Crippen LogP contribution is 2.24. The fourth-order valence-corrected chi connectivity index (χ4v) is 3.05. The summed E-state index contributed by atoms with van der Waals surface area (Å²) in [6.07, 6.45) is 4.89. The van der Waals surface area contributed by atoms with Gasteiger partial charge in [0, 0.05) is 17.6 Å². The van der Waals surface area contributed by atoms with Crippen LogP contribution in [0.25, 0.3) is 0 Å². The summed E-state index contributed by atoms with van der Waals surface area (Å²) in [4.78, 5) is 17.0. The Labute approximate surface area is 165 Å². The van der Waals surface area contributed by atoms with Crippen molar-refractivity contribution in [2.45, 2.75) is 26.7 Å². The summed E-state index contributed by atoms with van der Waals surface area (Å²) >= 11 is 0. The lowest BCUT2D eigenvalue weighted by atomic mass is 10.0. The number of aromatic nitrogens is 1. The van der Waals surface area contributed by atoms with E-state index < -0.39 is 0 Å². The Kier molecular flexibility index (Phi) is 6.03. The molecule has 1 heterocycles. The number of nitrogens with one attached hydrogen (secondary N) is 2. The third-order valence-electron chi connectivity index (χ3n) is 4.52. The highest BCUT2D eigenvalue weighted by molar-refractivity contribution is 6.05. The average Bonchev–Trinajstić information content (AvgIpc) is 2.74. The van der Waals surface area contributed by atoms with Crippen molar-refractivity contribution in [1.82, 2.24) is 4.98 Å². The van der Waals surface area contributed by atoms with E-state index in [9.17, 15) is 4.79 Å². The van der Waals surface area contributed by atoms with E-state index in [1.54, 1.807) is 36.7 Å². The summed E-state index contributed by atoms with van der Waals surface area (Å²) < 4.78 is 0. The first-order chi connectivity index (χ1) is 13.6. The molecule has 0 unspecified atom stereocenters. The number of hydrogen-bond acceptors (Lipinski definition) is 4. The molecule has 2 N–H and O–H groups in total. The molecule has 1 aromatic heterocycles. The van der Waals surface area contributed by atoms with Crippen molar-refractivity contribution in [2.75, 3.05) is 10.6 Å². The van der Waals surface area contributed by atoms with Crippen molar-refractivity contribution in [3.63, 3.8) is 0 Å². The highest BCUT2D eigenvalue weighted by atomic mass is 16.1. The number of pyridine rings is 1. The third kappa shape index (κ3) is 4.36. The van der Waals surface area contributed by atoms with Gasteiger partial charge in [-0.25, -0.2) is 0 Å². The number of amides is 1. The minimum atomic E-state index is -0.197. The molecule has 3 rings (SSSR count). The van der Waals surface area contributed by atoms with Gasteiger partial charge in [0.25, 0.3) is 5.91 Å². The standard InChI is InChI=1S/C23H22N4O/c1-3-17-8-6-9-18(4-2)22(17)27-23(28)19-12-21(15-25-14-19)26-20-10-5-7-16(11-20)13-24/h5-12,14-15,26H,3-4H2,1-2H3,(H,27,28). The van der Waals surface area contributed by atoms with Crippen LogP contribution in [-0.2, 0) is 12.8 Å². The minimum Gasteiger partial charge on any atom is -0.354 e. The fraction of sp³-hybridized carbons (Fsp3) is 0.174. The van der Waals surface area contributed by atoms with Crippen LogP contribution in [-0.4, -0.2) is 10.9 Å². The Balaban J connectivity index is 1.82. The summed E-state index contributed by atoms with van der Waals surface area (Å²) in [5.74, 6) is -0.197. The molecule has 2 aromatic carbocycles. The quantitative estimate of drug-likeness (QED) is 0.635. The molecule has 0 aliphatic carbocycles. The van der Waals surface area contributed by atoms with E-state index in [-0.39, 0.29) is 5.91 Å². The van der Waals surface area contributed by atoms with Gasteiger partial charge in [0.2, 0.25) is 0 Å². The molecule has 0 fully saturated rings. The summed E-state index contributed by atoms with van der Waals surface area (Å²) in [5.41, 5.74) is 5.60. The van der Waals surface area contributed by atoms with Crippen LogP contribution in [0.3, 0.4) is 0 Å². The molecule has 0 radical (unpaired) electrons. The molecule has 140 valence electrons. The molecule has 3 aromatic rings. The Bertz CT molecular complexity index is 1010. The second kappa shape index (κ2) is 8.83. The van der Waals surface area contributed by atoms with E-state index in [0.29, 0.717) is 16.8 Å². The van der Waals surface area contributed by atoms with Gasteiger partial charge in [-0.3, -0.25) is 9.78 Å². The van der Waals surface area contributed by atoms with Gasteiger partial charge in [-0.05, 0) is 48.2 Å². The van der Waals surface area contributed by atoms with Crippen LogP contribution < -0.4 is 10.6 Å². The number of carbonyl (C=O) groups is 1. The lowest BCUT2D eigenvalue weighted by Crippen LogP contribution is -2.15. The number of hydrogen-bond donors (Lipinski definition) is 2. The molecule has 0 bridgehead atoms. The molecule has 1 amide bonds. The Morgan fingerprint density at radius 1 is 1.00 bits per heavy atom. The molecule has 0 saturated heterocycles. The molecule has 28 heavy (non-hydrogen) atoms. The van der Waals surface area contributed by atoms with Crippen LogP contribution in [0.4, 0.5) is 17.1 Å². The van der Waals surface area contributed by atoms with Gasteiger partial charge in [-0.2, -0.15) is 5.26 Å². The summed E-state index contributed by atoms with van der Waals surface area (Å²) in [6, 6.07) is 17.1. The summed E-state index contributed by atoms with van der Waals surface area (Å²) in [5, 5.41) is 15.3. The zero-order chi connectivity index (χ0) is 19.9. The molecule has 0 atom stereocenters. The zero-order valence-corrected chi connectivity index (χ0v) is 16.0. The second-order valence-corrected chi connectivity index (χ2v) is 6.39. The van der Waals surface area contributed by atoms with Crippen LogP contribution in [0.1, 0.15) is 40.9 Å². The van der Waals surface area contributed by atoms with Crippen molar-refractivity contribution in [1.29, 1.82) is 5.26 Å². The predicted octanol–water partition coefficient (Wildman–Crippen LogP) is 5.07. The normalized spacial score (nSPS) is 10.2. The van der Waals surface area contributed by atoms with E-state index >= 15 is 0 Å². The largest absolute Gasteiger partial charge is 0.354 e. The smallest absolute Gasteiger partial charge is 0.257 e. The maximum Gasteiger partial charge on any atom is 0.257 e. The maximum absolute atomic E-state index is 12.8. The van der Waals surface area contributed by atoms with Gasteiger partial charge in [0.05, 0.1) is 29.1 Å². The monoisotopic (exact) mass is 370 g/mol. The van der Waals surface area contributed by atoms with Crippen molar-refractivity contribution < 1.29 is 4.79 Å². The maximum atomic E-state index is 12.8. The Morgan fingerprint density at radius 2 is 1.71 bits per heavy atom. The molecular weight excluding hydrogens is 348 g/mol. The van der Waals surface area contributed by atoms with Gasteiger partial charge in [-0.15, -0.1) is 0 Å². The van der Waals surface area contributed by atoms with E-state index in [2.05, 4.69) is 35.5 Å². The van der Waals surface area contributed by atoms with E-state index in [4.69, 9.17) is 5.26 Å². The third-order valence-corrected chi connectivity index (χ3v) is 4.52. The van der Waals surface area contributed by atoms with Gasteiger partial charge in [0.1, 0.15) is 0 Å². The second-order valence-electron chi connectivity index (χ2n) is 6.39. The zero-order valence-electron chi connectivity index (χ0n) is 16.0. The molecule has 0 spiro atoms. The number of aryl methyl sites for hydroxylation is 2. The molecule has 0 aliphatic heterocycles. The SMILES string of the molecule is CCc1cccc(CC)c1NC(=O)c1cncc(Nc2cccc(C#N)c2)c1. The number of para-hydroxylation sites is 1. The van der Waals surface area contributed by atoms with E-state index in [0.717, 1.165) is 35.3 Å². The Hall–Kier alpha value is -3.65. The van der Waals surface area contributed by atoms with Gasteiger partial charge >= 0.3 is 0 Å². The first-order valence-electron chi connectivity index (χ1n) is 9.29. The van der Waals surface area contributed by atoms with E-state index in [1.807, 2.05) is 24.3 Å². The molecule has 5 nitrogen and oxygen atoms in total.